The maximum absolute atomic E-state index is 12.1. The van der Waals surface area contributed by atoms with Crippen LogP contribution in [0.15, 0.2) is 0 Å². The average molecular weight is 357 g/mol. The quantitative estimate of drug-likeness (QED) is 0.341. The van der Waals surface area contributed by atoms with Gasteiger partial charge in [-0.1, -0.05) is 72.6 Å². The molecule has 0 radical (unpaired) electrons. The van der Waals surface area contributed by atoms with Crippen molar-refractivity contribution in [1.82, 2.24) is 0 Å². The van der Waals surface area contributed by atoms with E-state index in [1.807, 2.05) is 13.8 Å². The second kappa shape index (κ2) is 12.3. The lowest BCUT2D eigenvalue weighted by Gasteiger charge is -2.33. The van der Waals surface area contributed by atoms with Crippen LogP contribution in [0, 0.1) is 10.8 Å². The van der Waals surface area contributed by atoms with E-state index in [0.29, 0.717) is 44.9 Å². The number of carbonyl (C=O) groups is 2. The van der Waals surface area contributed by atoms with Crippen LogP contribution in [0.2, 0.25) is 0 Å². The van der Waals surface area contributed by atoms with E-state index in [1.165, 1.54) is 0 Å². The van der Waals surface area contributed by atoms with E-state index in [1.54, 1.807) is 0 Å². The molecule has 0 unspecified atom stereocenters. The van der Waals surface area contributed by atoms with E-state index in [4.69, 9.17) is 0 Å². The maximum Gasteiger partial charge on any atom is 0.309 e. The van der Waals surface area contributed by atoms with Gasteiger partial charge in [0.1, 0.15) is 0 Å². The molecule has 2 N–H and O–H groups in total. The number of unbranched alkanes of at least 4 members (excludes halogenated alkanes) is 2. The van der Waals surface area contributed by atoms with Crippen molar-refractivity contribution in [2.75, 3.05) is 0 Å². The molecule has 25 heavy (non-hydrogen) atoms. The van der Waals surface area contributed by atoms with Gasteiger partial charge in [0, 0.05) is 0 Å². The van der Waals surface area contributed by atoms with Crippen LogP contribution >= 0.6 is 0 Å². The Bertz CT molecular complexity index is 375. The summed E-state index contributed by atoms with van der Waals surface area (Å²) >= 11 is 0. The van der Waals surface area contributed by atoms with Gasteiger partial charge in [-0.25, -0.2) is 0 Å². The van der Waals surface area contributed by atoms with E-state index < -0.39 is 22.8 Å². The monoisotopic (exact) mass is 356 g/mol. The normalized spacial score (nSPS) is 12.3. The zero-order chi connectivity index (χ0) is 19.3. The van der Waals surface area contributed by atoms with Crippen LogP contribution in [0.1, 0.15) is 111 Å². The summed E-state index contributed by atoms with van der Waals surface area (Å²) in [4.78, 5) is 24.0. The van der Waals surface area contributed by atoms with Crippen molar-refractivity contribution in [1.29, 1.82) is 0 Å². The van der Waals surface area contributed by atoms with Crippen LogP contribution < -0.4 is 0 Å². The lowest BCUT2D eigenvalue weighted by atomic mass is 9.70. The molecule has 0 aliphatic carbocycles. The first kappa shape index (κ1) is 23.9. The van der Waals surface area contributed by atoms with Crippen molar-refractivity contribution >= 4 is 11.9 Å². The minimum atomic E-state index is -0.709. The molecule has 0 amide bonds. The molecule has 0 fully saturated rings. The van der Waals surface area contributed by atoms with E-state index in [2.05, 4.69) is 13.8 Å². The molecule has 0 spiro atoms. The molecule has 0 saturated heterocycles. The molecule has 0 atom stereocenters. The Kier molecular flexibility index (Phi) is 11.8. The van der Waals surface area contributed by atoms with Gasteiger partial charge in [0.05, 0.1) is 10.8 Å². The number of carboxylic acid groups (broad SMARTS) is 2. The molecule has 0 aromatic rings. The Morgan fingerprint density at radius 1 is 0.560 bits per heavy atom. The van der Waals surface area contributed by atoms with Crippen LogP contribution in [0.3, 0.4) is 0 Å². The molecule has 4 nitrogen and oxygen atoms in total. The van der Waals surface area contributed by atoms with Gasteiger partial charge in [0.15, 0.2) is 0 Å². The number of hydrogen-bond acceptors (Lipinski definition) is 2. The van der Waals surface area contributed by atoms with E-state index in [9.17, 15) is 19.8 Å². The Morgan fingerprint density at radius 2 is 0.880 bits per heavy atom. The molecule has 0 aliphatic rings. The highest BCUT2D eigenvalue weighted by molar-refractivity contribution is 5.75. The fourth-order valence-corrected chi connectivity index (χ4v) is 4.14. The third-order valence-electron chi connectivity index (χ3n) is 5.69. The zero-order valence-electron chi connectivity index (χ0n) is 16.9. The zero-order valence-corrected chi connectivity index (χ0v) is 16.9. The first-order chi connectivity index (χ1) is 11.8. The van der Waals surface area contributed by atoms with Gasteiger partial charge < -0.3 is 10.2 Å². The first-order valence-electron chi connectivity index (χ1n) is 10.3. The number of hydrogen-bond donors (Lipinski definition) is 2. The van der Waals surface area contributed by atoms with Crippen LogP contribution in [-0.4, -0.2) is 22.2 Å². The summed E-state index contributed by atoms with van der Waals surface area (Å²) in [5.41, 5.74) is -1.35. The molecule has 148 valence electrons. The predicted octanol–water partition coefficient (Wildman–Crippen LogP) is 6.28. The summed E-state index contributed by atoms with van der Waals surface area (Å²) in [6, 6.07) is 0. The van der Waals surface area contributed by atoms with Crippen molar-refractivity contribution < 1.29 is 19.8 Å². The van der Waals surface area contributed by atoms with Crippen LogP contribution in [0.25, 0.3) is 0 Å². The van der Waals surface area contributed by atoms with Crippen molar-refractivity contribution in [2.45, 2.75) is 111 Å². The van der Waals surface area contributed by atoms with Gasteiger partial charge in [-0.15, -0.1) is 0 Å². The molecule has 0 aromatic heterocycles. The summed E-state index contributed by atoms with van der Waals surface area (Å²) in [6.45, 7) is 8.23. The van der Waals surface area contributed by atoms with Gasteiger partial charge in [-0.05, 0) is 38.5 Å². The van der Waals surface area contributed by atoms with Crippen molar-refractivity contribution in [3.05, 3.63) is 0 Å². The second-order valence-electron chi connectivity index (χ2n) is 7.73. The minimum absolute atomic E-state index is 0.595. The third-order valence-corrected chi connectivity index (χ3v) is 5.69. The summed E-state index contributed by atoms with van der Waals surface area (Å²) in [5.74, 6) is -1.40. The third kappa shape index (κ3) is 7.37. The van der Waals surface area contributed by atoms with Gasteiger partial charge in [-0.3, -0.25) is 9.59 Å². The molecule has 0 heterocycles. The Hall–Kier alpha value is -1.06. The summed E-state index contributed by atoms with van der Waals surface area (Å²) in [5, 5.41) is 19.7. The summed E-state index contributed by atoms with van der Waals surface area (Å²) < 4.78 is 0. The molecule has 0 bridgehead atoms. The van der Waals surface area contributed by atoms with Crippen molar-refractivity contribution in [2.24, 2.45) is 10.8 Å². The number of carboxylic acids is 2. The minimum Gasteiger partial charge on any atom is -0.481 e. The van der Waals surface area contributed by atoms with E-state index >= 15 is 0 Å². The highest BCUT2D eigenvalue weighted by Crippen LogP contribution is 2.41. The topological polar surface area (TPSA) is 74.6 Å². The molecular weight excluding hydrogens is 316 g/mol. The smallest absolute Gasteiger partial charge is 0.309 e. The summed E-state index contributed by atoms with van der Waals surface area (Å²) in [6.07, 6.45) is 10.2. The summed E-state index contributed by atoms with van der Waals surface area (Å²) in [7, 11) is 0. The lowest BCUT2D eigenvalue weighted by Crippen LogP contribution is -2.34. The van der Waals surface area contributed by atoms with Gasteiger partial charge in [0.2, 0.25) is 0 Å². The molecule has 0 rings (SSSR count). The second-order valence-corrected chi connectivity index (χ2v) is 7.73. The van der Waals surface area contributed by atoms with Crippen LogP contribution in [0.5, 0.6) is 0 Å². The van der Waals surface area contributed by atoms with E-state index in [0.717, 1.165) is 38.5 Å². The molecule has 0 aromatic carbocycles. The fourth-order valence-electron chi connectivity index (χ4n) is 4.14. The first-order valence-corrected chi connectivity index (χ1v) is 10.3. The fraction of sp³-hybridized carbons (Fsp3) is 0.905. The maximum atomic E-state index is 12.1. The Labute approximate surface area is 154 Å². The SMILES string of the molecule is CCCCC(CCCC)(CCCC(CCC)(CCC)C(=O)O)C(=O)O. The van der Waals surface area contributed by atoms with Crippen molar-refractivity contribution in [3.8, 4) is 0 Å². The molecule has 0 saturated carbocycles. The van der Waals surface area contributed by atoms with Crippen molar-refractivity contribution in [3.63, 3.8) is 0 Å². The number of aliphatic carboxylic acids is 2. The molecule has 0 aliphatic heterocycles. The van der Waals surface area contributed by atoms with Gasteiger partial charge in [0.25, 0.3) is 0 Å². The van der Waals surface area contributed by atoms with Crippen LogP contribution in [0.4, 0.5) is 0 Å². The molecule has 4 heteroatoms. The average Bonchev–Trinajstić information content (AvgIpc) is 2.56. The van der Waals surface area contributed by atoms with Crippen LogP contribution in [-0.2, 0) is 9.59 Å². The molecular formula is C21H40O4. The highest BCUT2D eigenvalue weighted by atomic mass is 16.4. The standard InChI is InChI=1S/C21H40O4/c1-5-9-14-21(19(24)25,15-10-6-2)17-11-16-20(12-7-3,13-8-4)18(22)23/h5-17H2,1-4H3,(H,22,23)(H,24,25). The van der Waals surface area contributed by atoms with Gasteiger partial charge >= 0.3 is 11.9 Å². The largest absolute Gasteiger partial charge is 0.481 e. The Balaban J connectivity index is 5.16. The predicted molar refractivity (Wildman–Crippen MR) is 103 cm³/mol. The van der Waals surface area contributed by atoms with Gasteiger partial charge in [-0.2, -0.15) is 0 Å². The lowest BCUT2D eigenvalue weighted by molar-refractivity contribution is -0.151. The Morgan fingerprint density at radius 3 is 1.16 bits per heavy atom. The number of rotatable bonds is 16. The highest BCUT2D eigenvalue weighted by Gasteiger charge is 2.40. The van der Waals surface area contributed by atoms with E-state index in [-0.39, 0.29) is 0 Å².